The van der Waals surface area contributed by atoms with E-state index in [1.807, 2.05) is 24.0 Å². The predicted octanol–water partition coefficient (Wildman–Crippen LogP) is 3.83. The SMILES string of the molecule is Cc1cccc(N2CCN(C(=O)C(C)Oc3ccc4c(C)c(C)c(=O)oc4c3)CC2)c1. The monoisotopic (exact) mass is 420 g/mol. The second-order valence-electron chi connectivity index (χ2n) is 8.21. The van der Waals surface area contributed by atoms with Crippen LogP contribution < -0.4 is 15.3 Å². The molecule has 6 heteroatoms. The van der Waals surface area contributed by atoms with Crippen molar-refractivity contribution in [1.29, 1.82) is 0 Å². The van der Waals surface area contributed by atoms with E-state index < -0.39 is 6.10 Å². The quantitative estimate of drug-likeness (QED) is 0.600. The van der Waals surface area contributed by atoms with Crippen molar-refractivity contribution in [3.05, 3.63) is 69.6 Å². The summed E-state index contributed by atoms with van der Waals surface area (Å²) in [7, 11) is 0. The van der Waals surface area contributed by atoms with Crippen LogP contribution in [0.2, 0.25) is 0 Å². The molecule has 1 atom stereocenters. The van der Waals surface area contributed by atoms with Crippen molar-refractivity contribution in [2.75, 3.05) is 31.1 Å². The van der Waals surface area contributed by atoms with Crippen molar-refractivity contribution in [3.8, 4) is 5.75 Å². The van der Waals surface area contributed by atoms with Crippen LogP contribution in [0.25, 0.3) is 11.0 Å². The number of hydrogen-bond donors (Lipinski definition) is 0. The van der Waals surface area contributed by atoms with Gasteiger partial charge in [-0.1, -0.05) is 12.1 Å². The number of carbonyl (C=O) groups excluding carboxylic acids is 1. The molecular formula is C25H28N2O4. The van der Waals surface area contributed by atoms with Crippen molar-refractivity contribution in [3.63, 3.8) is 0 Å². The van der Waals surface area contributed by atoms with Crippen LogP contribution in [0.5, 0.6) is 5.75 Å². The lowest BCUT2D eigenvalue weighted by atomic mass is 10.1. The van der Waals surface area contributed by atoms with Gasteiger partial charge >= 0.3 is 5.63 Å². The van der Waals surface area contributed by atoms with Gasteiger partial charge in [0.2, 0.25) is 0 Å². The van der Waals surface area contributed by atoms with Crippen LogP contribution >= 0.6 is 0 Å². The van der Waals surface area contributed by atoms with Gasteiger partial charge in [-0.2, -0.15) is 0 Å². The Morgan fingerprint density at radius 1 is 1.00 bits per heavy atom. The number of ether oxygens (including phenoxy) is 1. The number of nitrogens with zero attached hydrogens (tertiary/aromatic N) is 2. The number of hydrogen-bond acceptors (Lipinski definition) is 5. The molecule has 1 unspecified atom stereocenters. The third kappa shape index (κ3) is 4.29. The molecule has 1 aliphatic heterocycles. The lowest BCUT2D eigenvalue weighted by molar-refractivity contribution is -0.138. The fourth-order valence-corrected chi connectivity index (χ4v) is 4.02. The number of piperazine rings is 1. The summed E-state index contributed by atoms with van der Waals surface area (Å²) in [5.74, 6) is 0.476. The molecule has 162 valence electrons. The number of benzene rings is 2. The van der Waals surface area contributed by atoms with Crippen molar-refractivity contribution in [2.24, 2.45) is 0 Å². The first-order chi connectivity index (χ1) is 14.8. The van der Waals surface area contributed by atoms with Crippen molar-refractivity contribution in [2.45, 2.75) is 33.8 Å². The highest BCUT2D eigenvalue weighted by molar-refractivity contribution is 5.83. The van der Waals surface area contributed by atoms with Crippen LogP contribution in [0.4, 0.5) is 5.69 Å². The van der Waals surface area contributed by atoms with Gasteiger partial charge in [0.25, 0.3) is 5.91 Å². The fourth-order valence-electron chi connectivity index (χ4n) is 4.02. The molecule has 2 aromatic carbocycles. The maximum atomic E-state index is 12.9. The molecule has 1 amide bonds. The minimum atomic E-state index is -0.624. The van der Waals surface area contributed by atoms with Crippen molar-refractivity contribution < 1.29 is 13.9 Å². The van der Waals surface area contributed by atoms with E-state index in [1.54, 1.807) is 19.9 Å². The summed E-state index contributed by atoms with van der Waals surface area (Å²) >= 11 is 0. The number of anilines is 1. The second kappa shape index (κ2) is 8.46. The molecule has 0 saturated carbocycles. The van der Waals surface area contributed by atoms with Crippen molar-refractivity contribution in [1.82, 2.24) is 4.90 Å². The average molecular weight is 421 g/mol. The minimum absolute atomic E-state index is 0.0365. The highest BCUT2D eigenvalue weighted by Gasteiger charge is 2.26. The van der Waals surface area contributed by atoms with E-state index in [-0.39, 0.29) is 11.5 Å². The normalized spacial score (nSPS) is 15.2. The van der Waals surface area contributed by atoms with E-state index in [2.05, 4.69) is 36.1 Å². The Morgan fingerprint density at radius 2 is 1.74 bits per heavy atom. The van der Waals surface area contributed by atoms with Gasteiger partial charge in [-0.15, -0.1) is 0 Å². The van der Waals surface area contributed by atoms with Gasteiger partial charge in [0.05, 0.1) is 0 Å². The molecule has 1 fully saturated rings. The second-order valence-corrected chi connectivity index (χ2v) is 8.21. The highest BCUT2D eigenvalue weighted by Crippen LogP contribution is 2.25. The Labute approximate surface area is 182 Å². The van der Waals surface area contributed by atoms with Crippen LogP contribution in [-0.4, -0.2) is 43.1 Å². The van der Waals surface area contributed by atoms with Gasteiger partial charge < -0.3 is 19.0 Å². The zero-order valence-electron chi connectivity index (χ0n) is 18.5. The Kier molecular flexibility index (Phi) is 5.72. The van der Waals surface area contributed by atoms with Gasteiger partial charge in [-0.3, -0.25) is 4.79 Å². The standard InChI is InChI=1S/C25H28N2O4/c1-16-6-5-7-20(14-16)26-10-12-27(13-11-26)24(28)19(4)30-21-8-9-22-17(2)18(3)25(29)31-23(22)15-21/h5-9,14-15,19H,10-13H2,1-4H3. The number of amides is 1. The first kappa shape index (κ1) is 21.0. The van der Waals surface area contributed by atoms with Crippen LogP contribution in [0.3, 0.4) is 0 Å². The zero-order valence-corrected chi connectivity index (χ0v) is 18.5. The maximum Gasteiger partial charge on any atom is 0.339 e. The molecule has 1 aliphatic rings. The summed E-state index contributed by atoms with van der Waals surface area (Å²) in [4.78, 5) is 29.1. The molecule has 0 aliphatic carbocycles. The maximum absolute atomic E-state index is 12.9. The van der Waals surface area contributed by atoms with Crippen LogP contribution in [-0.2, 0) is 4.79 Å². The minimum Gasteiger partial charge on any atom is -0.481 e. The van der Waals surface area contributed by atoms with Gasteiger partial charge in [-0.25, -0.2) is 4.79 Å². The molecule has 0 N–H and O–H groups in total. The number of fused-ring (bicyclic) bond motifs is 1. The number of rotatable bonds is 4. The van der Waals surface area contributed by atoms with E-state index in [0.29, 0.717) is 30.0 Å². The lowest BCUT2D eigenvalue weighted by Gasteiger charge is -2.37. The third-order valence-corrected chi connectivity index (χ3v) is 6.05. The zero-order chi connectivity index (χ0) is 22.1. The topological polar surface area (TPSA) is 63.0 Å². The van der Waals surface area contributed by atoms with E-state index >= 15 is 0 Å². The molecule has 0 spiro atoms. The largest absolute Gasteiger partial charge is 0.481 e. The van der Waals surface area contributed by atoms with Gasteiger partial charge in [0.1, 0.15) is 11.3 Å². The first-order valence-corrected chi connectivity index (χ1v) is 10.6. The Morgan fingerprint density at radius 3 is 2.45 bits per heavy atom. The molecule has 1 saturated heterocycles. The highest BCUT2D eigenvalue weighted by atomic mass is 16.5. The summed E-state index contributed by atoms with van der Waals surface area (Å²) in [5.41, 5.74) is 4.05. The molecule has 1 aromatic heterocycles. The molecule has 6 nitrogen and oxygen atoms in total. The molecule has 0 bridgehead atoms. The average Bonchev–Trinajstić information content (AvgIpc) is 2.77. The molecule has 4 rings (SSSR count). The van der Waals surface area contributed by atoms with Crippen LogP contribution in [0.1, 0.15) is 23.6 Å². The third-order valence-electron chi connectivity index (χ3n) is 6.05. The van der Waals surface area contributed by atoms with Gasteiger partial charge in [0, 0.05) is 48.9 Å². The summed E-state index contributed by atoms with van der Waals surface area (Å²) in [5, 5.41) is 0.871. The van der Waals surface area contributed by atoms with Gasteiger partial charge in [0.15, 0.2) is 6.10 Å². The Balaban J connectivity index is 1.41. The summed E-state index contributed by atoms with van der Waals surface area (Å²) in [6, 6.07) is 13.8. The predicted molar refractivity (Wildman–Crippen MR) is 122 cm³/mol. The van der Waals surface area contributed by atoms with E-state index in [0.717, 1.165) is 24.0 Å². The van der Waals surface area contributed by atoms with Crippen LogP contribution in [0.15, 0.2) is 51.7 Å². The van der Waals surface area contributed by atoms with E-state index in [9.17, 15) is 9.59 Å². The molecule has 2 heterocycles. The van der Waals surface area contributed by atoms with Gasteiger partial charge in [-0.05, 0) is 63.1 Å². The smallest absolute Gasteiger partial charge is 0.339 e. The Bertz CT molecular complexity index is 1180. The van der Waals surface area contributed by atoms with Crippen LogP contribution in [0, 0.1) is 20.8 Å². The molecule has 31 heavy (non-hydrogen) atoms. The van der Waals surface area contributed by atoms with Crippen molar-refractivity contribution >= 4 is 22.6 Å². The van der Waals surface area contributed by atoms with E-state index in [4.69, 9.17) is 9.15 Å². The number of aryl methyl sites for hydroxylation is 2. The first-order valence-electron chi connectivity index (χ1n) is 10.6. The summed E-state index contributed by atoms with van der Waals surface area (Å²) in [6.45, 7) is 10.4. The Hall–Kier alpha value is -3.28. The molecular weight excluding hydrogens is 392 g/mol. The van der Waals surface area contributed by atoms with E-state index in [1.165, 1.54) is 11.3 Å². The fraction of sp³-hybridized carbons (Fsp3) is 0.360. The summed E-state index contributed by atoms with van der Waals surface area (Å²) < 4.78 is 11.3. The number of carbonyl (C=O) groups is 1. The summed E-state index contributed by atoms with van der Waals surface area (Å²) in [6.07, 6.45) is -0.624. The molecule has 3 aromatic rings. The molecule has 0 radical (unpaired) electrons. The lowest BCUT2D eigenvalue weighted by Crippen LogP contribution is -2.52.